The molecule has 0 spiro atoms. The fourth-order valence-corrected chi connectivity index (χ4v) is 1.19. The summed E-state index contributed by atoms with van der Waals surface area (Å²) in [6.45, 7) is 3.80. The van der Waals surface area contributed by atoms with Gasteiger partial charge in [-0.2, -0.15) is 4.98 Å². The van der Waals surface area contributed by atoms with Crippen LogP contribution >= 0.6 is 0 Å². The summed E-state index contributed by atoms with van der Waals surface area (Å²) >= 11 is 0. The van der Waals surface area contributed by atoms with Crippen molar-refractivity contribution in [2.45, 2.75) is 19.9 Å². The molecule has 0 bridgehead atoms. The summed E-state index contributed by atoms with van der Waals surface area (Å²) in [5, 5.41) is 14.7. The summed E-state index contributed by atoms with van der Waals surface area (Å²) < 4.78 is 13.4. The van der Waals surface area contributed by atoms with Crippen LogP contribution in [-0.4, -0.2) is 34.8 Å². The van der Waals surface area contributed by atoms with E-state index in [0.29, 0.717) is 5.95 Å². The molecule has 1 unspecified atom stereocenters. The van der Waals surface area contributed by atoms with E-state index >= 15 is 0 Å². The van der Waals surface area contributed by atoms with Gasteiger partial charge in [0, 0.05) is 7.05 Å². The molecule has 16 heavy (non-hydrogen) atoms. The lowest BCUT2D eigenvalue weighted by atomic mass is 10.1. The molecule has 3 N–H and O–H groups in total. The second-order valence-electron chi connectivity index (χ2n) is 3.82. The normalized spacial score (nSPS) is 12.6. The number of aliphatic hydroxyl groups excluding tert-OH is 1. The highest BCUT2D eigenvalue weighted by molar-refractivity contribution is 5.41. The number of aromatic nitrogens is 2. The van der Waals surface area contributed by atoms with E-state index in [9.17, 15) is 4.39 Å². The Hall–Kier alpha value is -1.43. The standard InChI is InChI=1S/C10H17FN4O/c1-6(2)8(5-16)14-9-7(11)4-13-10(12-3)15-9/h4,6,8,16H,5H2,1-3H3,(H2,12,13,14,15). The van der Waals surface area contributed by atoms with Gasteiger partial charge in [0.2, 0.25) is 5.95 Å². The van der Waals surface area contributed by atoms with Crippen LogP contribution in [-0.2, 0) is 0 Å². The number of rotatable bonds is 5. The third-order valence-electron chi connectivity index (χ3n) is 2.29. The van der Waals surface area contributed by atoms with Crippen molar-refractivity contribution in [3.63, 3.8) is 0 Å². The molecule has 0 fully saturated rings. The summed E-state index contributed by atoms with van der Waals surface area (Å²) in [6, 6.07) is -0.228. The minimum atomic E-state index is -0.530. The molecule has 90 valence electrons. The van der Waals surface area contributed by atoms with Crippen LogP contribution < -0.4 is 10.6 Å². The molecule has 1 aromatic heterocycles. The molecular formula is C10H17FN4O. The highest BCUT2D eigenvalue weighted by Crippen LogP contribution is 2.15. The SMILES string of the molecule is CNc1ncc(F)c(NC(CO)C(C)C)n1. The van der Waals surface area contributed by atoms with Crippen LogP contribution in [0.5, 0.6) is 0 Å². The van der Waals surface area contributed by atoms with Gasteiger partial charge in [0.05, 0.1) is 18.8 Å². The maximum absolute atomic E-state index is 13.4. The van der Waals surface area contributed by atoms with E-state index in [4.69, 9.17) is 5.11 Å². The van der Waals surface area contributed by atoms with E-state index in [0.717, 1.165) is 6.20 Å². The number of hydrogen-bond donors (Lipinski definition) is 3. The minimum absolute atomic E-state index is 0.0734. The quantitative estimate of drug-likeness (QED) is 0.703. The first-order valence-corrected chi connectivity index (χ1v) is 5.16. The monoisotopic (exact) mass is 228 g/mol. The average Bonchev–Trinajstić information content (AvgIpc) is 2.27. The van der Waals surface area contributed by atoms with E-state index in [1.165, 1.54) is 0 Å². The van der Waals surface area contributed by atoms with Gasteiger partial charge in [0.1, 0.15) is 0 Å². The molecule has 0 amide bonds. The first-order chi connectivity index (χ1) is 7.58. The highest BCUT2D eigenvalue weighted by atomic mass is 19.1. The molecule has 0 aliphatic carbocycles. The lowest BCUT2D eigenvalue weighted by molar-refractivity contribution is 0.248. The molecule has 0 aromatic carbocycles. The van der Waals surface area contributed by atoms with Crippen LogP contribution in [0.2, 0.25) is 0 Å². The van der Waals surface area contributed by atoms with Gasteiger partial charge in [0.25, 0.3) is 0 Å². The maximum atomic E-state index is 13.4. The Morgan fingerprint density at radius 2 is 2.19 bits per heavy atom. The topological polar surface area (TPSA) is 70.1 Å². The number of nitrogens with zero attached hydrogens (tertiary/aromatic N) is 2. The Morgan fingerprint density at radius 3 is 2.69 bits per heavy atom. The van der Waals surface area contributed by atoms with Crippen molar-refractivity contribution < 1.29 is 9.50 Å². The summed E-state index contributed by atoms with van der Waals surface area (Å²) in [7, 11) is 1.66. The van der Waals surface area contributed by atoms with E-state index < -0.39 is 5.82 Å². The van der Waals surface area contributed by atoms with E-state index in [-0.39, 0.29) is 24.4 Å². The van der Waals surface area contributed by atoms with Crippen molar-refractivity contribution in [2.24, 2.45) is 5.92 Å². The molecule has 0 radical (unpaired) electrons. The third-order valence-corrected chi connectivity index (χ3v) is 2.29. The van der Waals surface area contributed by atoms with E-state index in [2.05, 4.69) is 20.6 Å². The minimum Gasteiger partial charge on any atom is -0.394 e. The average molecular weight is 228 g/mol. The molecule has 6 heteroatoms. The lowest BCUT2D eigenvalue weighted by Gasteiger charge is -2.20. The Morgan fingerprint density at radius 1 is 1.50 bits per heavy atom. The van der Waals surface area contributed by atoms with Gasteiger partial charge in [0.15, 0.2) is 11.6 Å². The van der Waals surface area contributed by atoms with E-state index in [1.807, 2.05) is 13.8 Å². The van der Waals surface area contributed by atoms with Crippen molar-refractivity contribution in [3.05, 3.63) is 12.0 Å². The molecule has 0 aliphatic heterocycles. The lowest BCUT2D eigenvalue weighted by Crippen LogP contribution is -2.30. The molecular weight excluding hydrogens is 211 g/mol. The Kier molecular flexibility index (Phi) is 4.42. The first-order valence-electron chi connectivity index (χ1n) is 5.16. The summed E-state index contributed by atoms with van der Waals surface area (Å²) in [4.78, 5) is 7.68. The number of hydrogen-bond acceptors (Lipinski definition) is 5. The zero-order valence-electron chi connectivity index (χ0n) is 9.66. The Bertz CT molecular complexity index is 346. The molecule has 0 saturated heterocycles. The van der Waals surface area contributed by atoms with Gasteiger partial charge in [-0.1, -0.05) is 13.8 Å². The van der Waals surface area contributed by atoms with Crippen molar-refractivity contribution in [1.29, 1.82) is 0 Å². The van der Waals surface area contributed by atoms with Gasteiger partial charge >= 0.3 is 0 Å². The molecule has 1 atom stereocenters. The number of aliphatic hydroxyl groups is 1. The predicted molar refractivity (Wildman–Crippen MR) is 60.9 cm³/mol. The molecule has 1 aromatic rings. The van der Waals surface area contributed by atoms with Crippen LogP contribution in [0.15, 0.2) is 6.20 Å². The summed E-state index contributed by atoms with van der Waals surface area (Å²) in [5.74, 6) is 0.0898. The second-order valence-corrected chi connectivity index (χ2v) is 3.82. The maximum Gasteiger partial charge on any atom is 0.224 e. The smallest absolute Gasteiger partial charge is 0.224 e. The first kappa shape index (κ1) is 12.6. The van der Waals surface area contributed by atoms with Gasteiger partial charge < -0.3 is 15.7 Å². The van der Waals surface area contributed by atoms with Gasteiger partial charge in [-0.3, -0.25) is 0 Å². The predicted octanol–water partition coefficient (Wildman–Crippen LogP) is 1.09. The number of nitrogens with one attached hydrogen (secondary N) is 2. The third kappa shape index (κ3) is 3.03. The van der Waals surface area contributed by atoms with Crippen LogP contribution in [0, 0.1) is 11.7 Å². The van der Waals surface area contributed by atoms with Crippen molar-refractivity contribution in [2.75, 3.05) is 24.3 Å². The second kappa shape index (κ2) is 5.60. The van der Waals surface area contributed by atoms with Crippen LogP contribution in [0.1, 0.15) is 13.8 Å². The van der Waals surface area contributed by atoms with Crippen molar-refractivity contribution in [3.8, 4) is 0 Å². The van der Waals surface area contributed by atoms with Crippen molar-refractivity contribution >= 4 is 11.8 Å². The zero-order valence-corrected chi connectivity index (χ0v) is 9.66. The molecule has 1 rings (SSSR count). The zero-order chi connectivity index (χ0) is 12.1. The largest absolute Gasteiger partial charge is 0.394 e. The summed E-state index contributed by atoms with van der Waals surface area (Å²) in [5.41, 5.74) is 0. The number of halogens is 1. The van der Waals surface area contributed by atoms with Crippen LogP contribution in [0.3, 0.4) is 0 Å². The Labute approximate surface area is 94.1 Å². The molecule has 1 heterocycles. The fraction of sp³-hybridized carbons (Fsp3) is 0.600. The van der Waals surface area contributed by atoms with E-state index in [1.54, 1.807) is 7.05 Å². The molecule has 0 saturated carbocycles. The van der Waals surface area contributed by atoms with Crippen molar-refractivity contribution in [1.82, 2.24) is 9.97 Å². The van der Waals surface area contributed by atoms with Crippen LogP contribution in [0.25, 0.3) is 0 Å². The van der Waals surface area contributed by atoms with Crippen LogP contribution in [0.4, 0.5) is 16.2 Å². The highest BCUT2D eigenvalue weighted by Gasteiger charge is 2.15. The molecule has 5 nitrogen and oxygen atoms in total. The number of anilines is 2. The fourth-order valence-electron chi connectivity index (χ4n) is 1.19. The summed E-state index contributed by atoms with van der Waals surface area (Å²) in [6.07, 6.45) is 1.09. The van der Waals surface area contributed by atoms with Gasteiger partial charge in [-0.05, 0) is 5.92 Å². The molecule has 0 aliphatic rings. The van der Waals surface area contributed by atoms with Gasteiger partial charge in [-0.25, -0.2) is 9.37 Å². The van der Waals surface area contributed by atoms with Gasteiger partial charge in [-0.15, -0.1) is 0 Å². The Balaban J connectivity index is 2.86.